The highest BCUT2D eigenvalue weighted by Crippen LogP contribution is 2.42. The number of pyridine rings is 2. The van der Waals surface area contributed by atoms with Gasteiger partial charge in [0.05, 0.1) is 26.9 Å². The summed E-state index contributed by atoms with van der Waals surface area (Å²) < 4.78 is 28.8. The number of methoxy groups -OCH3 is 3. The molecule has 0 bridgehead atoms. The van der Waals surface area contributed by atoms with Crippen LogP contribution in [-0.4, -0.2) is 37.3 Å². The van der Waals surface area contributed by atoms with Gasteiger partial charge in [-0.3, -0.25) is 0 Å². The van der Waals surface area contributed by atoms with Gasteiger partial charge in [0.25, 0.3) is 0 Å². The fourth-order valence-corrected chi connectivity index (χ4v) is 7.48. The smallest absolute Gasteiger partial charge is 0.338 e. The third-order valence-corrected chi connectivity index (χ3v) is 10.9. The SMILES string of the molecule is C=Cc1cc(-c2cccnc2OCc2ccccc2)cc(C(C)(C)C)c1OC.COC(=O)c1ccccc1/C=C/c1cc(-c2cccnc2OCc2ccccc2)cc(C(C)(C)C)c1OC. The first kappa shape index (κ1) is 48.0. The number of hydrogen-bond acceptors (Lipinski definition) is 8. The van der Waals surface area contributed by atoms with Crippen molar-refractivity contribution < 1.29 is 28.5 Å². The highest BCUT2D eigenvalue weighted by Gasteiger charge is 2.25. The van der Waals surface area contributed by atoms with Crippen LogP contribution < -0.4 is 18.9 Å². The van der Waals surface area contributed by atoms with Crippen molar-refractivity contribution >= 4 is 24.2 Å². The lowest BCUT2D eigenvalue weighted by atomic mass is 9.83. The summed E-state index contributed by atoms with van der Waals surface area (Å²) in [6, 6.07) is 43.8. The molecule has 0 saturated heterocycles. The summed E-state index contributed by atoms with van der Waals surface area (Å²) in [7, 11) is 4.77. The van der Waals surface area contributed by atoms with Gasteiger partial charge in [0.2, 0.25) is 11.8 Å². The predicted octanol–water partition coefficient (Wildman–Crippen LogP) is 13.9. The molecule has 7 aromatic rings. The topological polar surface area (TPSA) is 89.0 Å². The lowest BCUT2D eigenvalue weighted by Crippen LogP contribution is -2.14. The summed E-state index contributed by atoms with van der Waals surface area (Å²) in [5.74, 6) is 2.45. The Morgan fingerprint density at radius 1 is 0.545 bits per heavy atom. The Kier molecular flexibility index (Phi) is 16.0. The van der Waals surface area contributed by atoms with E-state index in [0.29, 0.717) is 30.5 Å². The normalized spacial score (nSPS) is 11.3. The molecule has 0 N–H and O–H groups in total. The third kappa shape index (κ3) is 12.0. The van der Waals surface area contributed by atoms with Gasteiger partial charge in [0.1, 0.15) is 24.7 Å². The van der Waals surface area contributed by atoms with Crippen LogP contribution in [0.15, 0.2) is 152 Å². The molecule has 0 unspecified atom stereocenters. The third-order valence-electron chi connectivity index (χ3n) is 10.9. The minimum Gasteiger partial charge on any atom is -0.496 e. The fraction of sp³-hybridized carbons (Fsp3) is 0.224. The summed E-state index contributed by atoms with van der Waals surface area (Å²) in [6.45, 7) is 17.9. The standard InChI is InChI=1S/C33H33NO4.C25H27NO2/c1-33(2,3)29-21-26(27-16-11-19-34-31(27)38-22-23-12-7-6-8-13-23)20-25(30(29)36-4)18-17-24-14-9-10-15-28(24)32(35)37-5;1-6-19-15-20(16-22(23(19)27-5)25(2,3)4)21-13-10-14-26-24(21)28-17-18-11-8-7-9-12-18/h6-21H,22H2,1-5H3;6-16H,1,17H2,2-5H3/b18-17+;. The molecule has 8 nitrogen and oxygen atoms in total. The predicted molar refractivity (Wildman–Crippen MR) is 268 cm³/mol. The first-order valence-corrected chi connectivity index (χ1v) is 21.9. The average Bonchev–Trinajstić information content (AvgIpc) is 3.34. The molecule has 0 radical (unpaired) electrons. The van der Waals surface area contributed by atoms with Gasteiger partial charge in [-0.15, -0.1) is 0 Å². The molecule has 66 heavy (non-hydrogen) atoms. The molecule has 0 aliphatic heterocycles. The Hall–Kier alpha value is -7.45. The van der Waals surface area contributed by atoms with E-state index >= 15 is 0 Å². The van der Waals surface area contributed by atoms with E-state index in [1.807, 2.05) is 121 Å². The molecule has 7 rings (SSSR count). The molecule has 0 aliphatic carbocycles. The Balaban J connectivity index is 0.000000229. The summed E-state index contributed by atoms with van der Waals surface area (Å²) in [5, 5.41) is 0. The van der Waals surface area contributed by atoms with Crippen LogP contribution >= 0.6 is 0 Å². The van der Waals surface area contributed by atoms with Crippen LogP contribution in [0.5, 0.6) is 23.3 Å². The van der Waals surface area contributed by atoms with Crippen molar-refractivity contribution in [3.63, 3.8) is 0 Å². The number of hydrogen-bond donors (Lipinski definition) is 0. The van der Waals surface area contributed by atoms with Crippen LogP contribution in [0.1, 0.15) is 90.8 Å². The van der Waals surface area contributed by atoms with Crippen molar-refractivity contribution in [1.29, 1.82) is 0 Å². The zero-order chi connectivity index (χ0) is 47.3. The van der Waals surface area contributed by atoms with E-state index in [1.54, 1.807) is 32.7 Å². The van der Waals surface area contributed by atoms with E-state index in [2.05, 4.69) is 82.4 Å². The number of carbonyl (C=O) groups is 1. The van der Waals surface area contributed by atoms with Gasteiger partial charge >= 0.3 is 5.97 Å². The summed E-state index contributed by atoms with van der Waals surface area (Å²) in [4.78, 5) is 21.3. The van der Waals surface area contributed by atoms with Crippen LogP contribution in [-0.2, 0) is 28.8 Å². The van der Waals surface area contributed by atoms with Crippen LogP contribution in [0.3, 0.4) is 0 Å². The Morgan fingerprint density at radius 2 is 0.985 bits per heavy atom. The Labute approximate surface area is 390 Å². The second-order valence-corrected chi connectivity index (χ2v) is 17.7. The maximum atomic E-state index is 12.3. The lowest BCUT2D eigenvalue weighted by molar-refractivity contribution is 0.0600. The Morgan fingerprint density at radius 3 is 1.44 bits per heavy atom. The molecule has 2 aromatic heterocycles. The maximum Gasteiger partial charge on any atom is 0.338 e. The summed E-state index contributed by atoms with van der Waals surface area (Å²) in [6.07, 6.45) is 9.21. The maximum absolute atomic E-state index is 12.3. The minimum absolute atomic E-state index is 0.0770. The zero-order valence-electron chi connectivity index (χ0n) is 39.6. The van der Waals surface area contributed by atoms with Crippen LogP contribution in [0.25, 0.3) is 40.5 Å². The number of ether oxygens (including phenoxy) is 5. The van der Waals surface area contributed by atoms with Gasteiger partial charge in [0.15, 0.2) is 0 Å². The van der Waals surface area contributed by atoms with Crippen molar-refractivity contribution in [2.75, 3.05) is 21.3 Å². The molecule has 0 fully saturated rings. The van der Waals surface area contributed by atoms with Gasteiger partial charge in [-0.2, -0.15) is 0 Å². The largest absolute Gasteiger partial charge is 0.496 e. The van der Waals surface area contributed by atoms with Crippen molar-refractivity contribution in [3.05, 3.63) is 197 Å². The molecule has 0 saturated carbocycles. The van der Waals surface area contributed by atoms with Crippen molar-refractivity contribution in [3.8, 4) is 45.5 Å². The second kappa shape index (κ2) is 22.0. The number of esters is 1. The number of aromatic nitrogens is 2. The molecule has 8 heteroatoms. The minimum atomic E-state index is -0.378. The van der Waals surface area contributed by atoms with Gasteiger partial charge in [0, 0.05) is 45.8 Å². The number of rotatable bonds is 14. The van der Waals surface area contributed by atoms with Crippen molar-refractivity contribution in [1.82, 2.24) is 9.97 Å². The average molecular weight is 881 g/mol. The monoisotopic (exact) mass is 880 g/mol. The first-order chi connectivity index (χ1) is 31.7. The Bertz CT molecular complexity index is 2770. The number of benzene rings is 5. The molecular weight excluding hydrogens is 821 g/mol. The van der Waals surface area contributed by atoms with E-state index in [9.17, 15) is 4.79 Å². The number of nitrogens with zero attached hydrogens (tertiary/aromatic N) is 2. The van der Waals surface area contributed by atoms with Crippen molar-refractivity contribution in [2.45, 2.75) is 65.6 Å². The highest BCUT2D eigenvalue weighted by molar-refractivity contribution is 5.95. The van der Waals surface area contributed by atoms with Gasteiger partial charge in [-0.05, 0) is 93.2 Å². The van der Waals surface area contributed by atoms with Crippen LogP contribution in [0.4, 0.5) is 0 Å². The molecule has 5 aromatic carbocycles. The highest BCUT2D eigenvalue weighted by atomic mass is 16.5. The molecule has 0 spiro atoms. The molecule has 0 aliphatic rings. The van der Waals surface area contributed by atoms with E-state index in [1.165, 1.54) is 7.11 Å². The van der Waals surface area contributed by atoms with Gasteiger partial charge in [-0.1, -0.05) is 145 Å². The van der Waals surface area contributed by atoms with Crippen LogP contribution in [0.2, 0.25) is 0 Å². The molecule has 338 valence electrons. The summed E-state index contributed by atoms with van der Waals surface area (Å²) >= 11 is 0. The van der Waals surface area contributed by atoms with E-state index in [-0.39, 0.29) is 16.8 Å². The molecule has 2 heterocycles. The fourth-order valence-electron chi connectivity index (χ4n) is 7.48. The van der Waals surface area contributed by atoms with E-state index < -0.39 is 0 Å². The lowest BCUT2D eigenvalue weighted by Gasteiger charge is -2.25. The van der Waals surface area contributed by atoms with Gasteiger partial charge in [-0.25, -0.2) is 14.8 Å². The van der Waals surface area contributed by atoms with E-state index in [4.69, 9.17) is 23.7 Å². The quantitative estimate of drug-likeness (QED) is 0.0788. The van der Waals surface area contributed by atoms with E-state index in [0.717, 1.165) is 72.7 Å². The molecule has 0 atom stereocenters. The first-order valence-electron chi connectivity index (χ1n) is 21.9. The van der Waals surface area contributed by atoms with Gasteiger partial charge < -0.3 is 23.7 Å². The summed E-state index contributed by atoms with van der Waals surface area (Å²) in [5.41, 5.74) is 11.0. The second-order valence-electron chi connectivity index (χ2n) is 17.7. The molecular formula is C58H60N2O6. The van der Waals surface area contributed by atoms with Crippen molar-refractivity contribution in [2.24, 2.45) is 0 Å². The molecule has 0 amide bonds. The van der Waals surface area contributed by atoms with Crippen LogP contribution in [0, 0.1) is 0 Å². The number of carbonyl (C=O) groups excluding carboxylic acids is 1. The zero-order valence-corrected chi connectivity index (χ0v) is 39.6.